The third-order valence-corrected chi connectivity index (χ3v) is 3.48. The summed E-state index contributed by atoms with van der Waals surface area (Å²) in [6.07, 6.45) is 5.20. The van der Waals surface area contributed by atoms with Gasteiger partial charge in [-0.15, -0.1) is 0 Å². The van der Waals surface area contributed by atoms with Gasteiger partial charge >= 0.3 is 0 Å². The second-order valence-electron chi connectivity index (χ2n) is 5.10. The monoisotopic (exact) mass is 277 g/mol. The molecular weight excluding hydrogens is 254 g/mol. The molecule has 1 saturated heterocycles. The molecule has 0 bridgehead atoms. The Balaban J connectivity index is 2.02. The van der Waals surface area contributed by atoms with Crippen LogP contribution in [-0.2, 0) is 4.74 Å². The molecule has 1 fully saturated rings. The molecule has 0 radical (unpaired) electrons. The first kappa shape index (κ1) is 14.8. The molecule has 1 unspecified atom stereocenters. The average molecular weight is 277 g/mol. The first-order valence-electron chi connectivity index (χ1n) is 7.28. The van der Waals surface area contributed by atoms with Gasteiger partial charge < -0.3 is 15.0 Å². The van der Waals surface area contributed by atoms with Gasteiger partial charge in [-0.2, -0.15) is 0 Å². The van der Waals surface area contributed by atoms with E-state index in [4.69, 9.17) is 4.74 Å². The van der Waals surface area contributed by atoms with Gasteiger partial charge in [-0.25, -0.2) is 4.98 Å². The molecule has 1 aromatic rings. The molecule has 2 heterocycles. The highest BCUT2D eigenvalue weighted by Gasteiger charge is 2.21. The van der Waals surface area contributed by atoms with Crippen molar-refractivity contribution in [2.75, 3.05) is 32.1 Å². The van der Waals surface area contributed by atoms with Gasteiger partial charge in [0.2, 0.25) is 0 Å². The molecule has 0 spiro atoms. The van der Waals surface area contributed by atoms with Crippen molar-refractivity contribution >= 4 is 11.7 Å². The molecule has 1 aliphatic rings. The Morgan fingerprint density at radius 2 is 2.40 bits per heavy atom. The van der Waals surface area contributed by atoms with Crippen molar-refractivity contribution < 1.29 is 9.53 Å². The molecule has 1 aromatic heterocycles. The summed E-state index contributed by atoms with van der Waals surface area (Å²) in [5.74, 6) is 0.639. The molecule has 110 valence electrons. The van der Waals surface area contributed by atoms with E-state index in [1.807, 2.05) is 20.0 Å². The zero-order valence-corrected chi connectivity index (χ0v) is 12.3. The van der Waals surface area contributed by atoms with Crippen LogP contribution in [0.5, 0.6) is 0 Å². The Morgan fingerprint density at radius 1 is 1.55 bits per heavy atom. The average Bonchev–Trinajstić information content (AvgIpc) is 2.48. The van der Waals surface area contributed by atoms with Crippen molar-refractivity contribution in [2.45, 2.75) is 32.3 Å². The van der Waals surface area contributed by atoms with E-state index in [1.165, 1.54) is 6.42 Å². The van der Waals surface area contributed by atoms with E-state index in [2.05, 4.69) is 10.3 Å². The highest BCUT2D eigenvalue weighted by Crippen LogP contribution is 2.17. The Bertz CT molecular complexity index is 444. The summed E-state index contributed by atoms with van der Waals surface area (Å²) in [5.41, 5.74) is 0.618. The van der Waals surface area contributed by atoms with Crippen LogP contribution in [0.15, 0.2) is 18.3 Å². The Hall–Kier alpha value is -1.62. The quantitative estimate of drug-likeness (QED) is 0.896. The number of carbonyl (C=O) groups is 1. The van der Waals surface area contributed by atoms with Crippen LogP contribution >= 0.6 is 0 Å². The fourth-order valence-electron chi connectivity index (χ4n) is 2.43. The lowest BCUT2D eigenvalue weighted by Crippen LogP contribution is -2.37. The van der Waals surface area contributed by atoms with Gasteiger partial charge in [0, 0.05) is 32.9 Å². The normalized spacial score (nSPS) is 18.6. The first-order valence-corrected chi connectivity index (χ1v) is 7.28. The van der Waals surface area contributed by atoms with Crippen molar-refractivity contribution in [3.05, 3.63) is 23.9 Å². The number of anilines is 1. The number of likely N-dealkylation sites (N-methyl/N-ethyl adjacent to an activating group) is 1. The van der Waals surface area contributed by atoms with Crippen molar-refractivity contribution in [1.29, 1.82) is 0 Å². The minimum Gasteiger partial charge on any atom is -0.376 e. The van der Waals surface area contributed by atoms with Crippen LogP contribution in [0.3, 0.4) is 0 Å². The molecular formula is C15H23N3O2. The summed E-state index contributed by atoms with van der Waals surface area (Å²) in [5, 5.41) is 3.13. The van der Waals surface area contributed by atoms with E-state index in [0.717, 1.165) is 26.0 Å². The van der Waals surface area contributed by atoms with E-state index in [1.54, 1.807) is 17.2 Å². The number of nitrogens with zero attached hydrogens (tertiary/aromatic N) is 2. The van der Waals surface area contributed by atoms with Gasteiger partial charge in [-0.3, -0.25) is 4.79 Å². The number of carbonyl (C=O) groups excluding carboxylic acids is 1. The van der Waals surface area contributed by atoms with Gasteiger partial charge in [0.25, 0.3) is 5.91 Å². The fraction of sp³-hybridized carbons (Fsp3) is 0.600. The van der Waals surface area contributed by atoms with Crippen LogP contribution < -0.4 is 5.32 Å². The summed E-state index contributed by atoms with van der Waals surface area (Å²) in [6, 6.07) is 3.60. The van der Waals surface area contributed by atoms with Crippen LogP contribution in [0.1, 0.15) is 36.5 Å². The van der Waals surface area contributed by atoms with E-state index in [0.29, 0.717) is 17.9 Å². The van der Waals surface area contributed by atoms with Crippen molar-refractivity contribution in [2.24, 2.45) is 0 Å². The number of hydrogen-bond acceptors (Lipinski definition) is 4. The summed E-state index contributed by atoms with van der Waals surface area (Å²) < 4.78 is 5.69. The number of rotatable bonds is 5. The maximum atomic E-state index is 12.5. The van der Waals surface area contributed by atoms with E-state index >= 15 is 0 Å². The zero-order chi connectivity index (χ0) is 14.4. The molecule has 1 amide bonds. The van der Waals surface area contributed by atoms with Crippen molar-refractivity contribution in [3.8, 4) is 0 Å². The molecule has 0 aromatic carbocycles. The summed E-state index contributed by atoms with van der Waals surface area (Å²) >= 11 is 0. The number of pyridine rings is 1. The highest BCUT2D eigenvalue weighted by atomic mass is 16.5. The predicted molar refractivity (Wildman–Crippen MR) is 79.0 cm³/mol. The Kier molecular flexibility index (Phi) is 5.35. The van der Waals surface area contributed by atoms with Crippen LogP contribution in [0.2, 0.25) is 0 Å². The minimum absolute atomic E-state index is 0.0109. The van der Waals surface area contributed by atoms with Crippen LogP contribution in [0.25, 0.3) is 0 Å². The second kappa shape index (κ2) is 7.24. The Labute approximate surface area is 120 Å². The molecule has 1 atom stereocenters. The molecule has 5 heteroatoms. The SMILES string of the molecule is CCNc1ncccc1C(=O)N(C)CC1CCCCO1. The van der Waals surface area contributed by atoms with E-state index in [9.17, 15) is 4.79 Å². The van der Waals surface area contributed by atoms with Crippen LogP contribution in [0, 0.1) is 0 Å². The lowest BCUT2D eigenvalue weighted by atomic mass is 10.1. The first-order chi connectivity index (χ1) is 9.72. The standard InChI is InChI=1S/C15H23N3O2/c1-3-16-14-13(8-6-9-17-14)15(19)18(2)11-12-7-4-5-10-20-12/h6,8-9,12H,3-5,7,10-11H2,1-2H3,(H,16,17). The number of hydrogen-bond donors (Lipinski definition) is 1. The molecule has 1 aliphatic heterocycles. The van der Waals surface area contributed by atoms with E-state index < -0.39 is 0 Å². The third kappa shape index (κ3) is 3.70. The largest absolute Gasteiger partial charge is 0.376 e. The van der Waals surface area contributed by atoms with Crippen molar-refractivity contribution in [3.63, 3.8) is 0 Å². The van der Waals surface area contributed by atoms with Crippen LogP contribution in [-0.4, -0.2) is 48.6 Å². The summed E-state index contributed by atoms with van der Waals surface area (Å²) in [6.45, 7) is 4.18. The van der Waals surface area contributed by atoms with Crippen LogP contribution in [0.4, 0.5) is 5.82 Å². The second-order valence-corrected chi connectivity index (χ2v) is 5.10. The topological polar surface area (TPSA) is 54.5 Å². The maximum absolute atomic E-state index is 12.5. The summed E-state index contributed by atoms with van der Waals surface area (Å²) in [4.78, 5) is 18.5. The van der Waals surface area contributed by atoms with Gasteiger partial charge in [0.05, 0.1) is 11.7 Å². The smallest absolute Gasteiger partial charge is 0.257 e. The molecule has 1 N–H and O–H groups in total. The number of amides is 1. The van der Waals surface area contributed by atoms with Crippen molar-refractivity contribution in [1.82, 2.24) is 9.88 Å². The van der Waals surface area contributed by atoms with Gasteiger partial charge in [-0.1, -0.05) is 0 Å². The van der Waals surface area contributed by atoms with Gasteiger partial charge in [-0.05, 0) is 38.3 Å². The highest BCUT2D eigenvalue weighted by molar-refractivity contribution is 5.98. The number of ether oxygens (including phenoxy) is 1. The maximum Gasteiger partial charge on any atom is 0.257 e. The number of aromatic nitrogens is 1. The predicted octanol–water partition coefficient (Wildman–Crippen LogP) is 2.15. The summed E-state index contributed by atoms with van der Waals surface area (Å²) in [7, 11) is 1.82. The molecule has 0 saturated carbocycles. The Morgan fingerprint density at radius 3 is 3.10 bits per heavy atom. The third-order valence-electron chi connectivity index (χ3n) is 3.48. The van der Waals surface area contributed by atoms with E-state index in [-0.39, 0.29) is 12.0 Å². The minimum atomic E-state index is -0.0109. The molecule has 0 aliphatic carbocycles. The molecule has 5 nitrogen and oxygen atoms in total. The van der Waals surface area contributed by atoms with Gasteiger partial charge in [0.1, 0.15) is 5.82 Å². The fourth-order valence-corrected chi connectivity index (χ4v) is 2.43. The van der Waals surface area contributed by atoms with Gasteiger partial charge in [0.15, 0.2) is 0 Å². The molecule has 2 rings (SSSR count). The molecule has 20 heavy (non-hydrogen) atoms. The lowest BCUT2D eigenvalue weighted by molar-refractivity contribution is -0.000177. The zero-order valence-electron chi connectivity index (χ0n) is 12.3. The number of nitrogens with one attached hydrogen (secondary N) is 1. The lowest BCUT2D eigenvalue weighted by Gasteiger charge is -2.27.